The number of carbonyl (C=O) groups is 2. The highest BCUT2D eigenvalue weighted by molar-refractivity contribution is 6.31. The molecular weight excluding hydrogens is 435 g/mol. The molecule has 160 valence electrons. The fourth-order valence-electron chi connectivity index (χ4n) is 2.92. The Morgan fingerprint density at radius 2 is 1.29 bits per heavy atom. The Labute approximate surface area is 191 Å². The van der Waals surface area contributed by atoms with Gasteiger partial charge >= 0.3 is 11.9 Å². The van der Waals surface area contributed by atoms with E-state index in [0.29, 0.717) is 26.7 Å². The van der Waals surface area contributed by atoms with Crippen LogP contribution in [-0.4, -0.2) is 11.9 Å². The maximum Gasteiger partial charge on any atom is 0.343 e. The molecule has 0 spiro atoms. The zero-order valence-electron chi connectivity index (χ0n) is 17.7. The molecule has 0 atom stereocenters. The number of halogens is 2. The summed E-state index contributed by atoms with van der Waals surface area (Å²) in [7, 11) is 0. The number of ether oxygens (including phenoxy) is 2. The lowest BCUT2D eigenvalue weighted by molar-refractivity contribution is 0.0681. The molecule has 0 radical (unpaired) electrons. The lowest BCUT2D eigenvalue weighted by Gasteiger charge is -2.22. The lowest BCUT2D eigenvalue weighted by Crippen LogP contribution is -2.16. The highest BCUT2D eigenvalue weighted by atomic mass is 35.5. The molecule has 0 aliphatic rings. The zero-order chi connectivity index (χ0) is 22.8. The van der Waals surface area contributed by atoms with Crippen LogP contribution < -0.4 is 9.47 Å². The molecule has 6 heteroatoms. The molecule has 4 nitrogen and oxygen atoms in total. The molecule has 31 heavy (non-hydrogen) atoms. The second-order valence-corrected chi connectivity index (χ2v) is 9.04. The quantitative estimate of drug-likeness (QED) is 0.312. The first kappa shape index (κ1) is 22.9. The lowest BCUT2D eigenvalue weighted by atomic mass is 9.86. The minimum atomic E-state index is -0.604. The topological polar surface area (TPSA) is 52.6 Å². The van der Waals surface area contributed by atoms with Gasteiger partial charge in [-0.1, -0.05) is 62.2 Å². The van der Waals surface area contributed by atoms with Gasteiger partial charge in [0.1, 0.15) is 0 Å². The van der Waals surface area contributed by atoms with E-state index in [1.807, 2.05) is 26.8 Å². The number of hydrogen-bond acceptors (Lipinski definition) is 4. The highest BCUT2D eigenvalue weighted by Gasteiger charge is 2.23. The van der Waals surface area contributed by atoms with Crippen molar-refractivity contribution >= 4 is 35.1 Å². The number of aryl methyl sites for hydroxylation is 1. The van der Waals surface area contributed by atoms with E-state index in [1.165, 1.54) is 12.1 Å². The van der Waals surface area contributed by atoms with E-state index in [4.69, 9.17) is 32.7 Å². The summed E-state index contributed by atoms with van der Waals surface area (Å²) >= 11 is 12.0. The standard InChI is InChI=1S/C25H22Cl2O4/c1-15-11-18(25(2,3)4)14-21(30-23(28)16-7-5-9-19(26)12-16)22(15)31-24(29)17-8-6-10-20(27)13-17/h5-14H,1-4H3. The van der Waals surface area contributed by atoms with Gasteiger partial charge < -0.3 is 9.47 Å². The van der Waals surface area contributed by atoms with Crippen LogP contribution in [0.4, 0.5) is 0 Å². The third kappa shape index (κ3) is 5.66. The number of carbonyl (C=O) groups excluding carboxylic acids is 2. The molecule has 0 aliphatic carbocycles. The third-order valence-corrected chi connectivity index (χ3v) is 5.09. The van der Waals surface area contributed by atoms with Gasteiger partial charge in [-0.2, -0.15) is 0 Å². The van der Waals surface area contributed by atoms with Crippen LogP contribution in [0.25, 0.3) is 0 Å². The first-order valence-corrected chi connectivity index (χ1v) is 10.4. The van der Waals surface area contributed by atoms with Crippen molar-refractivity contribution < 1.29 is 19.1 Å². The molecular formula is C25H22Cl2O4. The van der Waals surface area contributed by atoms with Crippen molar-refractivity contribution in [3.8, 4) is 11.5 Å². The smallest absolute Gasteiger partial charge is 0.343 e. The van der Waals surface area contributed by atoms with Crippen LogP contribution in [0.3, 0.4) is 0 Å². The first-order chi connectivity index (χ1) is 14.5. The summed E-state index contributed by atoms with van der Waals surface area (Å²) in [5.41, 5.74) is 1.97. The van der Waals surface area contributed by atoms with Crippen LogP contribution in [0.15, 0.2) is 60.7 Å². The molecule has 0 bridgehead atoms. The summed E-state index contributed by atoms with van der Waals surface area (Å²) in [6.45, 7) is 7.93. The Bertz CT molecular complexity index is 1150. The number of hydrogen-bond donors (Lipinski definition) is 0. The molecule has 3 rings (SSSR count). The normalized spacial score (nSPS) is 11.2. The van der Waals surface area contributed by atoms with Crippen LogP contribution >= 0.6 is 23.2 Å². The molecule has 0 fully saturated rings. The predicted molar refractivity (Wildman–Crippen MR) is 123 cm³/mol. The summed E-state index contributed by atoms with van der Waals surface area (Å²) in [5, 5.41) is 0.837. The van der Waals surface area contributed by atoms with E-state index in [0.717, 1.165) is 5.56 Å². The van der Waals surface area contributed by atoms with E-state index in [2.05, 4.69) is 0 Å². The van der Waals surface area contributed by atoms with Crippen molar-refractivity contribution in [1.82, 2.24) is 0 Å². The van der Waals surface area contributed by atoms with Gasteiger partial charge in [0.25, 0.3) is 0 Å². The van der Waals surface area contributed by atoms with Crippen LogP contribution in [0.5, 0.6) is 11.5 Å². The van der Waals surface area contributed by atoms with E-state index >= 15 is 0 Å². The zero-order valence-corrected chi connectivity index (χ0v) is 19.2. The molecule has 0 N–H and O–H groups in total. The summed E-state index contributed by atoms with van der Waals surface area (Å²) in [4.78, 5) is 25.5. The fourth-order valence-corrected chi connectivity index (χ4v) is 3.30. The maximum atomic E-state index is 12.8. The second-order valence-electron chi connectivity index (χ2n) is 8.17. The van der Waals surface area contributed by atoms with E-state index in [1.54, 1.807) is 49.4 Å². The van der Waals surface area contributed by atoms with Crippen molar-refractivity contribution in [1.29, 1.82) is 0 Å². The van der Waals surface area contributed by atoms with Gasteiger partial charge in [-0.25, -0.2) is 9.59 Å². The van der Waals surface area contributed by atoms with Gasteiger partial charge in [-0.15, -0.1) is 0 Å². The molecule has 0 unspecified atom stereocenters. The number of benzene rings is 3. The van der Waals surface area contributed by atoms with Crippen LogP contribution in [-0.2, 0) is 5.41 Å². The number of esters is 2. The SMILES string of the molecule is Cc1cc(C(C)(C)C)cc(OC(=O)c2cccc(Cl)c2)c1OC(=O)c1cccc(Cl)c1. The summed E-state index contributed by atoms with van der Waals surface area (Å²) < 4.78 is 11.3. The van der Waals surface area contributed by atoms with Gasteiger partial charge in [-0.05, 0) is 65.9 Å². The van der Waals surface area contributed by atoms with Crippen LogP contribution in [0.1, 0.15) is 52.6 Å². The summed E-state index contributed by atoms with van der Waals surface area (Å²) in [5.74, 6) is -0.874. The molecule has 0 heterocycles. The maximum absolute atomic E-state index is 12.8. The van der Waals surface area contributed by atoms with Crippen molar-refractivity contribution in [3.63, 3.8) is 0 Å². The van der Waals surface area contributed by atoms with Gasteiger partial charge in [0.2, 0.25) is 0 Å². The molecule has 0 amide bonds. The summed E-state index contributed by atoms with van der Waals surface area (Å²) in [6, 6.07) is 16.5. The van der Waals surface area contributed by atoms with Gasteiger partial charge in [0.15, 0.2) is 11.5 Å². The van der Waals surface area contributed by atoms with Crippen molar-refractivity contribution in [2.24, 2.45) is 0 Å². The average molecular weight is 457 g/mol. The van der Waals surface area contributed by atoms with Crippen LogP contribution in [0.2, 0.25) is 10.0 Å². The van der Waals surface area contributed by atoms with E-state index in [-0.39, 0.29) is 16.9 Å². The van der Waals surface area contributed by atoms with Crippen molar-refractivity contribution in [3.05, 3.63) is 93.0 Å². The van der Waals surface area contributed by atoms with Gasteiger partial charge in [-0.3, -0.25) is 0 Å². The van der Waals surface area contributed by atoms with Crippen LogP contribution in [0, 0.1) is 6.92 Å². The molecule has 3 aromatic rings. The Morgan fingerprint density at radius 3 is 1.77 bits per heavy atom. The Kier molecular flexibility index (Phi) is 6.73. The van der Waals surface area contributed by atoms with Crippen molar-refractivity contribution in [2.45, 2.75) is 33.1 Å². The molecule has 0 aliphatic heterocycles. The fraction of sp³-hybridized carbons (Fsp3) is 0.200. The van der Waals surface area contributed by atoms with E-state index < -0.39 is 11.9 Å². The average Bonchev–Trinajstić information content (AvgIpc) is 2.69. The molecule has 0 saturated carbocycles. The Morgan fingerprint density at radius 1 is 0.774 bits per heavy atom. The first-order valence-electron chi connectivity index (χ1n) is 9.65. The monoisotopic (exact) mass is 456 g/mol. The predicted octanol–water partition coefficient (Wildman–Crippen LogP) is 7.04. The second kappa shape index (κ2) is 9.13. The highest BCUT2D eigenvalue weighted by Crippen LogP contribution is 2.37. The molecule has 0 saturated heterocycles. The molecule has 3 aromatic carbocycles. The van der Waals surface area contributed by atoms with Gasteiger partial charge in [0, 0.05) is 10.0 Å². The van der Waals surface area contributed by atoms with Gasteiger partial charge in [0.05, 0.1) is 11.1 Å². The Hall–Kier alpha value is -2.82. The third-order valence-electron chi connectivity index (χ3n) is 4.62. The minimum Gasteiger partial charge on any atom is -0.419 e. The largest absolute Gasteiger partial charge is 0.419 e. The summed E-state index contributed by atoms with van der Waals surface area (Å²) in [6.07, 6.45) is 0. The molecule has 0 aromatic heterocycles. The van der Waals surface area contributed by atoms with E-state index in [9.17, 15) is 9.59 Å². The minimum absolute atomic E-state index is 0.158. The van der Waals surface area contributed by atoms with Crippen molar-refractivity contribution in [2.75, 3.05) is 0 Å². The number of rotatable bonds is 4. The Balaban J connectivity index is 2.01.